The lowest BCUT2D eigenvalue weighted by Crippen LogP contribution is -2.31. The Labute approximate surface area is 167 Å². The van der Waals surface area contributed by atoms with Gasteiger partial charge >= 0.3 is 0 Å². The Balaban J connectivity index is 1.80. The molecule has 1 aliphatic heterocycles. The number of pyridine rings is 1. The molecule has 6 nitrogen and oxygen atoms in total. The predicted molar refractivity (Wildman–Crippen MR) is 109 cm³/mol. The lowest BCUT2D eigenvalue weighted by molar-refractivity contribution is 0.0946. The molecule has 2 aromatic carbocycles. The Kier molecular flexibility index (Phi) is 4.58. The van der Waals surface area contributed by atoms with Crippen LogP contribution in [0.2, 0.25) is 0 Å². The van der Waals surface area contributed by atoms with Crippen LogP contribution in [-0.4, -0.2) is 32.1 Å². The van der Waals surface area contributed by atoms with Crippen LogP contribution in [-0.2, 0) is 16.3 Å². The van der Waals surface area contributed by atoms with Gasteiger partial charge in [0.25, 0.3) is 5.91 Å². The number of amides is 1. The molecule has 0 saturated heterocycles. The SMILES string of the molecule is CS(=O)(=O)c1ccc(-c2cc(-c3ccc4c(c3)CCNC4=O)c(N)nc2F)cc1. The van der Waals surface area contributed by atoms with Crippen LogP contribution in [0.4, 0.5) is 10.2 Å². The van der Waals surface area contributed by atoms with E-state index in [0.717, 1.165) is 17.4 Å². The Hall–Kier alpha value is -3.26. The van der Waals surface area contributed by atoms with Crippen molar-refractivity contribution in [3.8, 4) is 22.3 Å². The molecule has 0 bridgehead atoms. The number of hydrogen-bond donors (Lipinski definition) is 2. The summed E-state index contributed by atoms with van der Waals surface area (Å²) in [5, 5.41) is 2.79. The van der Waals surface area contributed by atoms with Crippen molar-refractivity contribution in [3.05, 3.63) is 65.6 Å². The molecule has 0 fully saturated rings. The molecule has 0 atom stereocenters. The number of nitrogens with one attached hydrogen (secondary N) is 1. The molecule has 148 valence electrons. The zero-order chi connectivity index (χ0) is 20.8. The molecular formula is C21H18FN3O3S. The molecule has 1 amide bonds. The molecule has 29 heavy (non-hydrogen) atoms. The van der Waals surface area contributed by atoms with E-state index in [4.69, 9.17) is 5.73 Å². The summed E-state index contributed by atoms with van der Waals surface area (Å²) in [6.07, 6.45) is 1.81. The number of carbonyl (C=O) groups excluding carboxylic acids is 1. The summed E-state index contributed by atoms with van der Waals surface area (Å²) in [7, 11) is -3.35. The molecule has 0 aliphatic carbocycles. The summed E-state index contributed by atoms with van der Waals surface area (Å²) in [6.45, 7) is 0.560. The van der Waals surface area contributed by atoms with E-state index in [1.165, 1.54) is 24.3 Å². The van der Waals surface area contributed by atoms with Crippen LogP contribution >= 0.6 is 0 Å². The average Bonchev–Trinajstić information content (AvgIpc) is 2.67. The van der Waals surface area contributed by atoms with Gasteiger partial charge in [0.2, 0.25) is 5.95 Å². The Morgan fingerprint density at radius 2 is 1.69 bits per heavy atom. The van der Waals surface area contributed by atoms with Crippen LogP contribution in [0, 0.1) is 5.95 Å². The van der Waals surface area contributed by atoms with E-state index < -0.39 is 15.8 Å². The number of fused-ring (bicyclic) bond motifs is 1. The lowest BCUT2D eigenvalue weighted by atomic mass is 9.94. The van der Waals surface area contributed by atoms with Gasteiger partial charge < -0.3 is 11.1 Å². The van der Waals surface area contributed by atoms with E-state index in [0.29, 0.717) is 29.7 Å². The lowest BCUT2D eigenvalue weighted by Gasteiger charge is -2.18. The van der Waals surface area contributed by atoms with Crippen LogP contribution < -0.4 is 11.1 Å². The highest BCUT2D eigenvalue weighted by molar-refractivity contribution is 7.90. The molecule has 3 N–H and O–H groups in total. The van der Waals surface area contributed by atoms with Gasteiger partial charge in [0.15, 0.2) is 9.84 Å². The first-order valence-corrected chi connectivity index (χ1v) is 10.8. The van der Waals surface area contributed by atoms with Crippen molar-refractivity contribution in [1.29, 1.82) is 0 Å². The van der Waals surface area contributed by atoms with Crippen molar-refractivity contribution in [2.24, 2.45) is 0 Å². The van der Waals surface area contributed by atoms with Gasteiger partial charge in [-0.3, -0.25) is 4.79 Å². The minimum absolute atomic E-state index is 0.0409. The highest BCUT2D eigenvalue weighted by atomic mass is 32.2. The number of nitrogens with two attached hydrogens (primary N) is 1. The third-order valence-corrected chi connectivity index (χ3v) is 6.07. The van der Waals surface area contributed by atoms with E-state index in [1.54, 1.807) is 18.2 Å². The maximum absolute atomic E-state index is 14.5. The Bertz CT molecular complexity index is 1240. The molecule has 0 radical (unpaired) electrons. The fourth-order valence-corrected chi connectivity index (χ4v) is 4.05. The summed E-state index contributed by atoms with van der Waals surface area (Å²) < 4.78 is 37.8. The average molecular weight is 411 g/mol. The van der Waals surface area contributed by atoms with Crippen molar-refractivity contribution in [2.75, 3.05) is 18.5 Å². The van der Waals surface area contributed by atoms with E-state index in [-0.39, 0.29) is 22.2 Å². The third kappa shape index (κ3) is 3.58. The number of aromatic nitrogens is 1. The van der Waals surface area contributed by atoms with Gasteiger partial charge in [-0.2, -0.15) is 4.39 Å². The van der Waals surface area contributed by atoms with Crippen LogP contribution in [0.3, 0.4) is 0 Å². The Morgan fingerprint density at radius 1 is 1.00 bits per heavy atom. The van der Waals surface area contributed by atoms with E-state index >= 15 is 0 Å². The molecule has 2 heterocycles. The van der Waals surface area contributed by atoms with Gasteiger partial charge in [0.1, 0.15) is 5.82 Å². The van der Waals surface area contributed by atoms with Crippen molar-refractivity contribution in [3.63, 3.8) is 0 Å². The summed E-state index contributed by atoms with van der Waals surface area (Å²) in [4.78, 5) is 15.9. The van der Waals surface area contributed by atoms with Gasteiger partial charge in [-0.15, -0.1) is 0 Å². The maximum Gasteiger partial charge on any atom is 0.251 e. The van der Waals surface area contributed by atoms with Crippen molar-refractivity contribution < 1.29 is 17.6 Å². The fourth-order valence-electron chi connectivity index (χ4n) is 3.41. The molecule has 4 rings (SSSR count). The third-order valence-electron chi connectivity index (χ3n) is 4.94. The predicted octanol–water partition coefficient (Wildman–Crippen LogP) is 2.83. The first kappa shape index (κ1) is 19.1. The standard InChI is InChI=1S/C21H18FN3O3S/c1-29(27,28)15-5-2-12(3-6-15)17-11-18(20(23)25-19(17)22)13-4-7-16-14(10-13)8-9-24-21(16)26/h2-7,10-11H,8-9H2,1H3,(H2,23,25)(H,24,26). The first-order chi connectivity index (χ1) is 13.7. The van der Waals surface area contributed by atoms with Crippen LogP contribution in [0.15, 0.2) is 53.4 Å². The number of sulfone groups is 1. The molecule has 3 aromatic rings. The topological polar surface area (TPSA) is 102 Å². The summed E-state index contributed by atoms with van der Waals surface area (Å²) >= 11 is 0. The second-order valence-electron chi connectivity index (χ2n) is 6.93. The number of carbonyl (C=O) groups is 1. The van der Waals surface area contributed by atoms with Crippen molar-refractivity contribution in [2.45, 2.75) is 11.3 Å². The second-order valence-corrected chi connectivity index (χ2v) is 8.95. The minimum Gasteiger partial charge on any atom is -0.383 e. The summed E-state index contributed by atoms with van der Waals surface area (Å²) in [5.41, 5.74) is 9.47. The van der Waals surface area contributed by atoms with Crippen molar-refractivity contribution in [1.82, 2.24) is 10.3 Å². The van der Waals surface area contributed by atoms with Gasteiger partial charge in [-0.1, -0.05) is 24.3 Å². The van der Waals surface area contributed by atoms with Gasteiger partial charge in [0.05, 0.1) is 4.90 Å². The van der Waals surface area contributed by atoms with Crippen molar-refractivity contribution >= 4 is 21.6 Å². The molecule has 1 aromatic heterocycles. The maximum atomic E-state index is 14.5. The molecule has 0 unspecified atom stereocenters. The summed E-state index contributed by atoms with van der Waals surface area (Å²) in [6, 6.07) is 12.9. The molecular weight excluding hydrogens is 393 g/mol. The molecule has 0 saturated carbocycles. The quantitative estimate of drug-likeness (QED) is 0.645. The normalized spacial score (nSPS) is 13.7. The first-order valence-electron chi connectivity index (χ1n) is 8.92. The van der Waals surface area contributed by atoms with E-state index in [9.17, 15) is 17.6 Å². The smallest absolute Gasteiger partial charge is 0.251 e. The van der Waals surface area contributed by atoms with E-state index in [2.05, 4.69) is 10.3 Å². The summed E-state index contributed by atoms with van der Waals surface area (Å²) in [5.74, 6) is -0.815. The second kappa shape index (κ2) is 6.97. The zero-order valence-electron chi connectivity index (χ0n) is 15.6. The number of nitrogens with zero attached hydrogens (tertiary/aromatic N) is 1. The van der Waals surface area contributed by atoms with Crippen LogP contribution in [0.25, 0.3) is 22.3 Å². The number of benzene rings is 2. The molecule has 0 spiro atoms. The molecule has 1 aliphatic rings. The monoisotopic (exact) mass is 411 g/mol. The number of nitrogen functional groups attached to an aromatic ring is 1. The number of hydrogen-bond acceptors (Lipinski definition) is 5. The molecule has 8 heteroatoms. The minimum atomic E-state index is -3.35. The van der Waals surface area contributed by atoms with Crippen LogP contribution in [0.1, 0.15) is 15.9 Å². The number of anilines is 1. The highest BCUT2D eigenvalue weighted by Gasteiger charge is 2.19. The highest BCUT2D eigenvalue weighted by Crippen LogP contribution is 2.33. The van der Waals surface area contributed by atoms with Gasteiger partial charge in [-0.05, 0) is 47.4 Å². The van der Waals surface area contributed by atoms with Gasteiger partial charge in [0, 0.05) is 29.5 Å². The van der Waals surface area contributed by atoms with Gasteiger partial charge in [-0.25, -0.2) is 13.4 Å². The zero-order valence-corrected chi connectivity index (χ0v) is 16.4. The fraction of sp³-hybridized carbons (Fsp3) is 0.143. The van der Waals surface area contributed by atoms with Crippen LogP contribution in [0.5, 0.6) is 0 Å². The van der Waals surface area contributed by atoms with E-state index in [1.807, 2.05) is 6.07 Å². The number of halogens is 1. The number of rotatable bonds is 3. The Morgan fingerprint density at radius 3 is 2.38 bits per heavy atom. The largest absolute Gasteiger partial charge is 0.383 e.